The molecule has 2 atom stereocenters. The molecule has 0 aliphatic carbocycles. The van der Waals surface area contributed by atoms with E-state index in [9.17, 15) is 5.11 Å². The van der Waals surface area contributed by atoms with Gasteiger partial charge < -0.3 is 24.1 Å². The molecule has 0 heterocycles. The molecule has 0 bridgehead atoms. The van der Waals surface area contributed by atoms with Crippen molar-refractivity contribution in [2.24, 2.45) is 17.6 Å². The summed E-state index contributed by atoms with van der Waals surface area (Å²) < 4.78 is 19.1. The summed E-state index contributed by atoms with van der Waals surface area (Å²) in [6, 6.07) is 0. The monoisotopic (exact) mass is 531 g/mol. The van der Waals surface area contributed by atoms with Crippen molar-refractivity contribution in [3.05, 3.63) is 0 Å². The molecule has 0 aromatic rings. The number of aliphatic hydroxyl groups is 1. The largest absolute Gasteiger partial charge is 0.504 e. The third kappa shape index (κ3) is 16.1. The Morgan fingerprint density at radius 2 is 1.17 bits per heavy atom. The minimum absolute atomic E-state index is 0.0266. The highest BCUT2D eigenvalue weighted by Crippen LogP contribution is 2.44. The van der Waals surface area contributed by atoms with Crippen LogP contribution >= 0.6 is 0 Å². The molecule has 0 fully saturated rings. The van der Waals surface area contributed by atoms with Crippen LogP contribution in [-0.2, 0) is 13.3 Å². The Balaban J connectivity index is 4.99. The van der Waals surface area contributed by atoms with Gasteiger partial charge in [-0.3, -0.25) is 0 Å². The molecule has 0 amide bonds. The molecule has 0 aromatic carbocycles. The van der Waals surface area contributed by atoms with E-state index in [4.69, 9.17) is 19.0 Å². The van der Waals surface area contributed by atoms with Gasteiger partial charge in [-0.2, -0.15) is 0 Å². The van der Waals surface area contributed by atoms with Crippen molar-refractivity contribution in [2.45, 2.75) is 156 Å². The maximum absolute atomic E-state index is 9.55. The van der Waals surface area contributed by atoms with Gasteiger partial charge in [-0.05, 0) is 52.4 Å². The highest BCUT2D eigenvalue weighted by molar-refractivity contribution is 6.62. The first-order valence-corrected chi connectivity index (χ1v) is 17.3. The van der Waals surface area contributed by atoms with Gasteiger partial charge in [-0.1, -0.05) is 104 Å². The summed E-state index contributed by atoms with van der Waals surface area (Å²) in [5.74, 6) is 0.762. The van der Waals surface area contributed by atoms with Crippen LogP contribution in [0.5, 0.6) is 0 Å². The second-order valence-electron chi connectivity index (χ2n) is 11.7. The average molecular weight is 532 g/mol. The first-order chi connectivity index (χ1) is 17.2. The number of hydrogen-bond acceptors (Lipinski definition) is 5. The van der Waals surface area contributed by atoms with Gasteiger partial charge in [-0.25, -0.2) is 0 Å². The molecule has 0 aliphatic rings. The van der Waals surface area contributed by atoms with Crippen molar-refractivity contribution >= 4 is 8.80 Å². The molecule has 0 saturated heterocycles. The molecule has 0 spiro atoms. The lowest BCUT2D eigenvalue weighted by Gasteiger charge is -2.45. The van der Waals surface area contributed by atoms with Crippen molar-refractivity contribution in [2.75, 3.05) is 26.4 Å². The SMILES string of the molecule is CCCCCCCCCCCCCCCC(C(CC(C)C)C(C)(C)N)[Si](OCC)(OCC)OCCO. The van der Waals surface area contributed by atoms with Crippen molar-refractivity contribution in [3.8, 4) is 0 Å². The Labute approximate surface area is 227 Å². The van der Waals surface area contributed by atoms with Crippen molar-refractivity contribution in [3.63, 3.8) is 0 Å². The highest BCUT2D eigenvalue weighted by atomic mass is 28.4. The summed E-state index contributed by atoms with van der Waals surface area (Å²) in [6.07, 6.45) is 19.6. The van der Waals surface area contributed by atoms with Gasteiger partial charge in [0.15, 0.2) is 0 Å². The smallest absolute Gasteiger partial charge is 0.394 e. The minimum atomic E-state index is -3.03. The average Bonchev–Trinajstić information content (AvgIpc) is 2.81. The summed E-state index contributed by atoms with van der Waals surface area (Å²) >= 11 is 0. The molecule has 3 N–H and O–H groups in total. The van der Waals surface area contributed by atoms with E-state index in [0.29, 0.717) is 19.1 Å². The molecule has 5 nitrogen and oxygen atoms in total. The maximum atomic E-state index is 9.55. The van der Waals surface area contributed by atoms with Gasteiger partial charge in [0.25, 0.3) is 0 Å². The van der Waals surface area contributed by atoms with E-state index < -0.39 is 8.80 Å². The van der Waals surface area contributed by atoms with E-state index in [0.717, 1.165) is 19.3 Å². The Kier molecular flexibility index (Phi) is 21.9. The summed E-state index contributed by atoms with van der Waals surface area (Å²) in [7, 11) is -3.03. The molecule has 0 aliphatic heterocycles. The molecule has 0 aromatic heterocycles. The highest BCUT2D eigenvalue weighted by Gasteiger charge is 2.54. The summed E-state index contributed by atoms with van der Waals surface area (Å²) in [6.45, 7) is 16.4. The van der Waals surface area contributed by atoms with E-state index in [1.165, 1.54) is 77.0 Å². The molecule has 0 radical (unpaired) electrons. The molecule has 218 valence electrons. The predicted octanol–water partition coefficient (Wildman–Crippen LogP) is 8.26. The van der Waals surface area contributed by atoms with E-state index in [1.807, 2.05) is 13.8 Å². The fourth-order valence-electron chi connectivity index (χ4n) is 5.54. The zero-order chi connectivity index (χ0) is 27.3. The summed E-state index contributed by atoms with van der Waals surface area (Å²) in [5, 5.41) is 9.55. The lowest BCUT2D eigenvalue weighted by Crippen LogP contribution is -2.57. The number of unbranched alkanes of at least 4 members (excludes halogenated alkanes) is 12. The number of rotatable bonds is 26. The normalized spacial score (nSPS) is 14.5. The van der Waals surface area contributed by atoms with Crippen molar-refractivity contribution in [1.82, 2.24) is 0 Å². The first kappa shape index (κ1) is 36.0. The van der Waals surface area contributed by atoms with Crippen LogP contribution in [0.3, 0.4) is 0 Å². The summed E-state index contributed by atoms with van der Waals surface area (Å²) in [5.41, 5.74) is 6.57. The van der Waals surface area contributed by atoms with Crippen LogP contribution in [0.25, 0.3) is 0 Å². The van der Waals surface area contributed by atoms with E-state index in [-0.39, 0.29) is 30.2 Å². The summed E-state index contributed by atoms with van der Waals surface area (Å²) in [4.78, 5) is 0. The molecule has 0 rings (SSSR count). The molecule has 6 heteroatoms. The van der Waals surface area contributed by atoms with Gasteiger partial charge in [0, 0.05) is 24.3 Å². The van der Waals surface area contributed by atoms with Crippen LogP contribution in [0, 0.1) is 11.8 Å². The molecular weight excluding hydrogens is 466 g/mol. The lowest BCUT2D eigenvalue weighted by molar-refractivity contribution is 0.0295. The van der Waals surface area contributed by atoms with Gasteiger partial charge in [0.05, 0.1) is 13.2 Å². The fourth-order valence-corrected chi connectivity index (χ4v) is 9.23. The third-order valence-corrected chi connectivity index (χ3v) is 10.9. The van der Waals surface area contributed by atoms with Crippen LogP contribution in [0.2, 0.25) is 5.54 Å². The quantitative estimate of drug-likeness (QED) is 0.0868. The molecule has 2 unspecified atom stereocenters. The van der Waals surface area contributed by atoms with Gasteiger partial charge >= 0.3 is 8.80 Å². The Hall–Kier alpha value is 0.0169. The van der Waals surface area contributed by atoms with Crippen molar-refractivity contribution < 1.29 is 18.4 Å². The van der Waals surface area contributed by atoms with Gasteiger partial charge in [0.1, 0.15) is 0 Å². The second kappa shape index (κ2) is 21.9. The molecular formula is C30H65NO4Si. The van der Waals surface area contributed by atoms with Crippen LogP contribution in [-0.4, -0.2) is 45.9 Å². The van der Waals surface area contributed by atoms with E-state index in [2.05, 4.69) is 34.6 Å². The third-order valence-electron chi connectivity index (χ3n) is 7.33. The number of hydrogen-bond donors (Lipinski definition) is 2. The van der Waals surface area contributed by atoms with Gasteiger partial charge in [-0.15, -0.1) is 0 Å². The number of nitrogens with two attached hydrogens (primary N) is 1. The van der Waals surface area contributed by atoms with Crippen molar-refractivity contribution in [1.29, 1.82) is 0 Å². The van der Waals surface area contributed by atoms with Crippen LogP contribution < -0.4 is 5.73 Å². The Morgan fingerprint density at radius 3 is 1.53 bits per heavy atom. The Bertz CT molecular complexity index is 478. The van der Waals surface area contributed by atoms with Gasteiger partial charge in [0.2, 0.25) is 0 Å². The minimum Gasteiger partial charge on any atom is -0.394 e. The zero-order valence-corrected chi connectivity index (χ0v) is 26.4. The van der Waals surface area contributed by atoms with Crippen LogP contribution in [0.1, 0.15) is 145 Å². The standard InChI is InChI=1S/C30H65NO4Si/c1-8-11-12-13-14-15-16-17-18-19-20-21-22-23-29(28(26-27(4)5)30(6,7)31)36(33-9-2,34-10-3)35-25-24-32/h27-29,32H,8-26,31H2,1-7H3. The molecule has 0 saturated carbocycles. The lowest BCUT2D eigenvalue weighted by atomic mass is 9.78. The number of aliphatic hydroxyl groups excluding tert-OH is 1. The Morgan fingerprint density at radius 1 is 0.722 bits per heavy atom. The van der Waals surface area contributed by atoms with Crippen LogP contribution in [0.4, 0.5) is 0 Å². The van der Waals surface area contributed by atoms with E-state index >= 15 is 0 Å². The topological polar surface area (TPSA) is 73.9 Å². The molecule has 36 heavy (non-hydrogen) atoms. The van der Waals surface area contributed by atoms with E-state index in [1.54, 1.807) is 0 Å². The first-order valence-electron chi connectivity index (χ1n) is 15.5. The second-order valence-corrected chi connectivity index (χ2v) is 14.6. The predicted molar refractivity (Wildman–Crippen MR) is 157 cm³/mol. The van der Waals surface area contributed by atoms with Crippen LogP contribution in [0.15, 0.2) is 0 Å². The zero-order valence-electron chi connectivity index (χ0n) is 25.4. The fraction of sp³-hybridized carbons (Fsp3) is 1.00. The maximum Gasteiger partial charge on any atom is 0.504 e.